The van der Waals surface area contributed by atoms with Crippen molar-refractivity contribution < 1.29 is 14.3 Å². The second-order valence-corrected chi connectivity index (χ2v) is 6.59. The fraction of sp³-hybridized carbons (Fsp3) is 0.450. The van der Waals surface area contributed by atoms with Crippen LogP contribution >= 0.6 is 0 Å². The van der Waals surface area contributed by atoms with Crippen molar-refractivity contribution >= 4 is 17.5 Å². The molecule has 0 saturated carbocycles. The molecule has 1 aliphatic heterocycles. The molecule has 8 nitrogen and oxygen atoms in total. The molecule has 1 aliphatic rings. The molecule has 1 fully saturated rings. The van der Waals surface area contributed by atoms with E-state index in [1.54, 1.807) is 20.3 Å². The largest absolute Gasteiger partial charge is 0.495 e. The van der Waals surface area contributed by atoms with E-state index in [1.807, 2.05) is 36.1 Å². The maximum atomic E-state index is 12.9. The predicted molar refractivity (Wildman–Crippen MR) is 108 cm³/mol. The number of carbonyl (C=O) groups is 1. The van der Waals surface area contributed by atoms with Crippen LogP contribution in [0, 0.1) is 6.92 Å². The highest BCUT2D eigenvalue weighted by Gasteiger charge is 2.25. The normalized spacial score (nSPS) is 14.1. The van der Waals surface area contributed by atoms with E-state index < -0.39 is 0 Å². The molecule has 1 saturated heterocycles. The van der Waals surface area contributed by atoms with E-state index in [-0.39, 0.29) is 5.91 Å². The van der Waals surface area contributed by atoms with Crippen molar-refractivity contribution in [3.05, 3.63) is 41.7 Å². The van der Waals surface area contributed by atoms with Crippen LogP contribution in [0.15, 0.2) is 30.3 Å². The van der Waals surface area contributed by atoms with E-state index in [0.717, 1.165) is 30.2 Å². The Labute approximate surface area is 165 Å². The number of ether oxygens (including phenoxy) is 2. The third-order valence-corrected chi connectivity index (χ3v) is 4.66. The Bertz CT molecular complexity index is 806. The number of aromatic nitrogens is 2. The van der Waals surface area contributed by atoms with Gasteiger partial charge in [-0.05, 0) is 25.1 Å². The van der Waals surface area contributed by atoms with Gasteiger partial charge >= 0.3 is 0 Å². The molecule has 0 unspecified atom stereocenters. The zero-order chi connectivity index (χ0) is 19.9. The van der Waals surface area contributed by atoms with Crippen LogP contribution in [-0.4, -0.2) is 74.3 Å². The summed E-state index contributed by atoms with van der Waals surface area (Å²) >= 11 is 0. The van der Waals surface area contributed by atoms with E-state index in [4.69, 9.17) is 9.47 Å². The number of methoxy groups -OCH3 is 2. The number of hydrogen-bond donors (Lipinski definition) is 1. The monoisotopic (exact) mass is 385 g/mol. The van der Waals surface area contributed by atoms with E-state index in [1.165, 1.54) is 0 Å². The SMILES string of the molecule is COCCNc1nc(C)cc(C(=O)N2CCN(c3ccccc3OC)CC2)n1. The van der Waals surface area contributed by atoms with Crippen molar-refractivity contribution in [2.24, 2.45) is 0 Å². The number of carbonyl (C=O) groups excluding carboxylic acids is 1. The van der Waals surface area contributed by atoms with Gasteiger partial charge in [-0.3, -0.25) is 4.79 Å². The number of para-hydroxylation sites is 2. The summed E-state index contributed by atoms with van der Waals surface area (Å²) in [5.74, 6) is 1.23. The van der Waals surface area contributed by atoms with Crippen LogP contribution in [-0.2, 0) is 4.74 Å². The van der Waals surface area contributed by atoms with Crippen molar-refractivity contribution in [3.63, 3.8) is 0 Å². The quantitative estimate of drug-likeness (QED) is 0.728. The van der Waals surface area contributed by atoms with Gasteiger partial charge in [-0.15, -0.1) is 0 Å². The number of nitrogens with zero attached hydrogens (tertiary/aromatic N) is 4. The number of anilines is 2. The molecule has 0 spiro atoms. The van der Waals surface area contributed by atoms with Crippen LogP contribution in [0.1, 0.15) is 16.2 Å². The standard InChI is InChI=1S/C20H27N5O3/c1-15-14-16(23-20(22-15)21-8-13-27-2)19(26)25-11-9-24(10-12-25)17-6-4-5-7-18(17)28-3/h4-7,14H,8-13H2,1-3H3,(H,21,22,23). The fourth-order valence-electron chi connectivity index (χ4n) is 3.23. The van der Waals surface area contributed by atoms with E-state index >= 15 is 0 Å². The van der Waals surface area contributed by atoms with Gasteiger partial charge in [0.15, 0.2) is 0 Å². The molecular weight excluding hydrogens is 358 g/mol. The highest BCUT2D eigenvalue weighted by atomic mass is 16.5. The van der Waals surface area contributed by atoms with Crippen LogP contribution in [0.2, 0.25) is 0 Å². The zero-order valence-corrected chi connectivity index (χ0v) is 16.6. The van der Waals surface area contributed by atoms with Gasteiger partial charge in [-0.25, -0.2) is 9.97 Å². The summed E-state index contributed by atoms with van der Waals surface area (Å²) in [6.45, 7) is 5.75. The van der Waals surface area contributed by atoms with E-state index in [0.29, 0.717) is 37.9 Å². The minimum atomic E-state index is -0.0695. The summed E-state index contributed by atoms with van der Waals surface area (Å²) in [6, 6.07) is 9.68. The smallest absolute Gasteiger partial charge is 0.272 e. The Morgan fingerprint density at radius 2 is 1.89 bits per heavy atom. The average molecular weight is 385 g/mol. The summed E-state index contributed by atoms with van der Waals surface area (Å²) in [5, 5.41) is 3.09. The maximum Gasteiger partial charge on any atom is 0.272 e. The first-order valence-corrected chi connectivity index (χ1v) is 9.38. The van der Waals surface area contributed by atoms with Crippen LogP contribution in [0.4, 0.5) is 11.6 Å². The van der Waals surface area contributed by atoms with Gasteiger partial charge < -0.3 is 24.6 Å². The lowest BCUT2D eigenvalue weighted by molar-refractivity contribution is 0.0740. The van der Waals surface area contributed by atoms with Crippen molar-refractivity contribution in [1.29, 1.82) is 0 Å². The molecule has 2 heterocycles. The lowest BCUT2D eigenvalue weighted by atomic mass is 10.2. The van der Waals surface area contributed by atoms with Gasteiger partial charge in [0.1, 0.15) is 11.4 Å². The highest BCUT2D eigenvalue weighted by Crippen LogP contribution is 2.28. The molecule has 0 aliphatic carbocycles. The molecule has 1 aromatic heterocycles. The Hall–Kier alpha value is -2.87. The molecule has 2 aromatic rings. The summed E-state index contributed by atoms with van der Waals surface area (Å²) < 4.78 is 10.5. The molecule has 0 radical (unpaired) electrons. The third kappa shape index (κ3) is 4.69. The van der Waals surface area contributed by atoms with Crippen LogP contribution in [0.5, 0.6) is 5.75 Å². The number of amides is 1. The van der Waals surface area contributed by atoms with E-state index in [2.05, 4.69) is 20.2 Å². The van der Waals surface area contributed by atoms with Crippen molar-refractivity contribution in [2.45, 2.75) is 6.92 Å². The van der Waals surface area contributed by atoms with Gasteiger partial charge in [0.2, 0.25) is 5.95 Å². The first-order valence-electron chi connectivity index (χ1n) is 9.38. The first kappa shape index (κ1) is 19.9. The van der Waals surface area contributed by atoms with Gasteiger partial charge in [-0.2, -0.15) is 0 Å². The van der Waals surface area contributed by atoms with Crippen molar-refractivity contribution in [1.82, 2.24) is 14.9 Å². The van der Waals surface area contributed by atoms with E-state index in [9.17, 15) is 4.79 Å². The van der Waals surface area contributed by atoms with Crippen LogP contribution in [0.25, 0.3) is 0 Å². The maximum absolute atomic E-state index is 12.9. The van der Waals surface area contributed by atoms with Gasteiger partial charge in [0.25, 0.3) is 5.91 Å². The van der Waals surface area contributed by atoms with Gasteiger partial charge in [-0.1, -0.05) is 12.1 Å². The predicted octanol–water partition coefficient (Wildman–Crippen LogP) is 1.81. The molecule has 150 valence electrons. The van der Waals surface area contributed by atoms with Crippen LogP contribution < -0.4 is 15.0 Å². The Balaban J connectivity index is 1.65. The number of hydrogen-bond acceptors (Lipinski definition) is 7. The molecule has 3 rings (SSSR count). The molecule has 1 N–H and O–H groups in total. The molecule has 0 bridgehead atoms. The Kier molecular flexibility index (Phi) is 6.65. The topological polar surface area (TPSA) is 79.8 Å². The summed E-state index contributed by atoms with van der Waals surface area (Å²) in [4.78, 5) is 25.7. The molecule has 1 aromatic carbocycles. The molecule has 8 heteroatoms. The Morgan fingerprint density at radius 3 is 2.61 bits per heavy atom. The Morgan fingerprint density at radius 1 is 1.14 bits per heavy atom. The number of piperazine rings is 1. The molecule has 0 atom stereocenters. The zero-order valence-electron chi connectivity index (χ0n) is 16.6. The minimum Gasteiger partial charge on any atom is -0.495 e. The van der Waals surface area contributed by atoms with Gasteiger partial charge in [0.05, 0.1) is 19.4 Å². The lowest BCUT2D eigenvalue weighted by Crippen LogP contribution is -2.49. The third-order valence-electron chi connectivity index (χ3n) is 4.66. The minimum absolute atomic E-state index is 0.0695. The molecule has 28 heavy (non-hydrogen) atoms. The number of benzene rings is 1. The van der Waals surface area contributed by atoms with Crippen molar-refractivity contribution in [3.8, 4) is 5.75 Å². The number of rotatable bonds is 7. The summed E-state index contributed by atoms with van der Waals surface area (Å²) in [7, 11) is 3.31. The summed E-state index contributed by atoms with van der Waals surface area (Å²) in [5.41, 5.74) is 2.23. The first-order chi connectivity index (χ1) is 13.6. The number of aryl methyl sites for hydroxylation is 1. The second-order valence-electron chi connectivity index (χ2n) is 6.59. The van der Waals surface area contributed by atoms with Gasteiger partial charge in [0, 0.05) is 45.5 Å². The second kappa shape index (κ2) is 9.36. The fourth-order valence-corrected chi connectivity index (χ4v) is 3.23. The molecular formula is C20H27N5O3. The highest BCUT2D eigenvalue weighted by molar-refractivity contribution is 5.93. The number of nitrogens with one attached hydrogen (secondary N) is 1. The average Bonchev–Trinajstić information content (AvgIpc) is 2.73. The molecule has 1 amide bonds. The van der Waals surface area contributed by atoms with Crippen molar-refractivity contribution in [2.75, 3.05) is 63.8 Å². The van der Waals surface area contributed by atoms with Crippen LogP contribution in [0.3, 0.4) is 0 Å². The lowest BCUT2D eigenvalue weighted by Gasteiger charge is -2.36. The summed E-state index contributed by atoms with van der Waals surface area (Å²) in [6.07, 6.45) is 0.